The van der Waals surface area contributed by atoms with Crippen molar-refractivity contribution in [2.24, 2.45) is 31.1 Å². The van der Waals surface area contributed by atoms with Crippen LogP contribution in [-0.2, 0) is 30.6 Å². The molecule has 33 heteroatoms. The Morgan fingerprint density at radius 1 is 0.358 bits per heavy atom. The molecule has 23 nitrogen and oxygen atoms in total. The van der Waals surface area contributed by atoms with E-state index in [2.05, 4.69) is 185 Å². The van der Waals surface area contributed by atoms with Gasteiger partial charge in [-0.2, -0.15) is 15.3 Å². The molecule has 7 aliphatic heterocycles. The van der Waals surface area contributed by atoms with Crippen molar-refractivity contribution in [3.05, 3.63) is 203 Å². The van der Waals surface area contributed by atoms with E-state index < -0.39 is 0 Å². The molecule has 0 saturated heterocycles. The lowest BCUT2D eigenvalue weighted by Gasteiger charge is -2.32. The molecule has 106 heavy (non-hydrogen) atoms. The smallest absolute Gasteiger partial charge is 0.259 e. The summed E-state index contributed by atoms with van der Waals surface area (Å²) < 4.78 is 42.3. The summed E-state index contributed by atoms with van der Waals surface area (Å²) in [4.78, 5) is 81.3. The zero-order valence-electron chi connectivity index (χ0n) is 58.9. The van der Waals surface area contributed by atoms with Crippen molar-refractivity contribution in [2.45, 2.75) is 73.7 Å². The SMILES string of the molecule is Cc1c(Br)cc(C(=O)N2CCOC3=C2CN=C3)cc1Br.Cc1c(Br)cc(C(=O)N2CCOc3cnn(C)c32)cc1Br.Cc1c(Br)cc(C(=O)N2C[C@@H](C)Oc3cnn(C)c32)cc1Br.Cc1c(Br)cc(C(=O)N2C[C@H](C)OC3=C2CN=C3)cc1Br.Cc1c(Br)cc(C(=O)N2C[C@H](C)Oc3cnn(C)c32)cc1Br. The lowest BCUT2D eigenvalue weighted by molar-refractivity contribution is 0.0532. The number of anilines is 3. The largest absolute Gasteiger partial charge is 0.488 e. The minimum atomic E-state index is -0.0713. The highest BCUT2D eigenvalue weighted by atomic mass is 79.9. The van der Waals surface area contributed by atoms with Crippen molar-refractivity contribution in [3.8, 4) is 17.2 Å². The van der Waals surface area contributed by atoms with Crippen molar-refractivity contribution in [2.75, 3.05) is 73.7 Å². The Morgan fingerprint density at radius 3 is 1.01 bits per heavy atom. The summed E-state index contributed by atoms with van der Waals surface area (Å²) in [7, 11) is 5.41. The second-order valence-electron chi connectivity index (χ2n) is 25.4. The molecule has 7 aliphatic rings. The van der Waals surface area contributed by atoms with Gasteiger partial charge in [0.1, 0.15) is 31.5 Å². The van der Waals surface area contributed by atoms with E-state index in [0.717, 1.165) is 89.7 Å². The number of aryl methyl sites for hydroxylation is 3. The maximum atomic E-state index is 13.0. The van der Waals surface area contributed by atoms with Gasteiger partial charge in [0.25, 0.3) is 29.5 Å². The first-order valence-corrected chi connectivity index (χ1v) is 40.9. The van der Waals surface area contributed by atoms with Gasteiger partial charge in [-0.05, 0) is 144 Å². The third kappa shape index (κ3) is 17.5. The molecule has 556 valence electrons. The Kier molecular flexibility index (Phi) is 26.1. The second kappa shape index (κ2) is 34.3. The molecule has 3 atom stereocenters. The average molecular weight is 2090 g/mol. The van der Waals surface area contributed by atoms with E-state index in [1.165, 1.54) is 0 Å². The van der Waals surface area contributed by atoms with E-state index >= 15 is 0 Å². The second-order valence-corrected chi connectivity index (χ2v) is 33.9. The molecule has 0 spiro atoms. The summed E-state index contributed by atoms with van der Waals surface area (Å²) in [5, 5.41) is 12.5. The Labute approximate surface area is 696 Å². The lowest BCUT2D eigenvalue weighted by atomic mass is 10.1. The summed E-state index contributed by atoms with van der Waals surface area (Å²) in [6.45, 7) is 20.4. The number of aliphatic imine (C=N–C) groups is 2. The molecule has 5 amide bonds. The molecule has 8 aromatic rings. The lowest BCUT2D eigenvalue weighted by Crippen LogP contribution is -2.43. The number of aromatic nitrogens is 6. The van der Waals surface area contributed by atoms with Crippen LogP contribution in [0.15, 0.2) is 157 Å². The van der Waals surface area contributed by atoms with Crippen molar-refractivity contribution in [1.29, 1.82) is 0 Å². The predicted octanol–water partition coefficient (Wildman–Crippen LogP) is 17.6. The van der Waals surface area contributed by atoms with E-state index in [1.807, 2.05) is 116 Å². The number of hydrogen-bond acceptors (Lipinski definition) is 15. The first-order chi connectivity index (χ1) is 50.3. The molecule has 0 bridgehead atoms. The van der Waals surface area contributed by atoms with Gasteiger partial charge in [0, 0.05) is 93.7 Å². The van der Waals surface area contributed by atoms with Gasteiger partial charge in [0.15, 0.2) is 46.2 Å². The Hall–Kier alpha value is -6.30. The highest BCUT2D eigenvalue weighted by Crippen LogP contribution is 2.40. The summed E-state index contributed by atoms with van der Waals surface area (Å²) in [6, 6.07) is 18.5. The number of amides is 5. The molecule has 0 saturated carbocycles. The van der Waals surface area contributed by atoms with Crippen LogP contribution in [0, 0.1) is 34.6 Å². The fourth-order valence-corrected chi connectivity index (χ4v) is 17.9. The number of carbonyl (C=O) groups excluding carboxylic acids is 5. The number of fused-ring (bicyclic) bond motifs is 3. The molecular weight excluding hydrogens is 2020 g/mol. The molecule has 3 aromatic heterocycles. The van der Waals surface area contributed by atoms with Crippen LogP contribution in [0.25, 0.3) is 0 Å². The third-order valence-electron chi connectivity index (χ3n) is 17.8. The van der Waals surface area contributed by atoms with Gasteiger partial charge in [-0.3, -0.25) is 48.7 Å². The predicted molar refractivity (Wildman–Crippen MR) is 443 cm³/mol. The van der Waals surface area contributed by atoms with Crippen molar-refractivity contribution < 1.29 is 47.7 Å². The number of carbonyl (C=O) groups is 5. The maximum absolute atomic E-state index is 13.0. The van der Waals surface area contributed by atoms with Crippen LogP contribution < -0.4 is 28.9 Å². The first-order valence-electron chi connectivity index (χ1n) is 32.9. The van der Waals surface area contributed by atoms with Crippen LogP contribution >= 0.6 is 159 Å². The van der Waals surface area contributed by atoms with Crippen LogP contribution in [0.4, 0.5) is 17.5 Å². The molecule has 0 radical (unpaired) electrons. The fraction of sp³-hybridized carbons (Fsp3) is 0.315. The number of nitrogens with zero attached hydrogens (tertiary/aromatic N) is 13. The highest BCUT2D eigenvalue weighted by molar-refractivity contribution is 9.12. The molecule has 15 rings (SSSR count). The fourth-order valence-electron chi connectivity index (χ4n) is 12.0. The average Bonchev–Trinajstić information content (AvgIpc) is 1.56. The van der Waals surface area contributed by atoms with E-state index in [9.17, 15) is 24.0 Å². The van der Waals surface area contributed by atoms with E-state index in [-0.39, 0.29) is 47.8 Å². The van der Waals surface area contributed by atoms with Gasteiger partial charge in [0.2, 0.25) is 0 Å². The molecule has 0 fully saturated rings. The number of halogens is 10. The van der Waals surface area contributed by atoms with Gasteiger partial charge in [-0.25, -0.2) is 14.0 Å². The third-order valence-corrected chi connectivity index (χ3v) is 26.1. The van der Waals surface area contributed by atoms with Gasteiger partial charge in [0.05, 0.1) is 88.2 Å². The summed E-state index contributed by atoms with van der Waals surface area (Å²) in [6.07, 6.45) is 8.14. The first kappa shape index (κ1) is 80.7. The minimum absolute atomic E-state index is 0.0206. The van der Waals surface area contributed by atoms with E-state index in [1.54, 1.807) is 90.7 Å². The van der Waals surface area contributed by atoms with Crippen LogP contribution in [0.3, 0.4) is 0 Å². The minimum Gasteiger partial charge on any atom is -0.488 e. The van der Waals surface area contributed by atoms with Crippen molar-refractivity contribution >= 4 is 219 Å². The Balaban J connectivity index is 0.000000132. The summed E-state index contributed by atoms with van der Waals surface area (Å²) >= 11 is 34.9. The number of allylic oxidation sites excluding steroid dienone is 2. The number of ether oxygens (including phenoxy) is 5. The Bertz CT molecular complexity index is 4750. The zero-order valence-corrected chi connectivity index (χ0v) is 74.8. The van der Waals surface area contributed by atoms with Crippen molar-refractivity contribution in [1.82, 2.24) is 39.1 Å². The molecule has 5 aromatic carbocycles. The quantitative estimate of drug-likeness (QED) is 0.156. The molecule has 0 N–H and O–H groups in total. The topological polar surface area (TPSA) is 226 Å². The molecule has 0 aliphatic carbocycles. The molecule has 10 heterocycles. The molecule has 0 unspecified atom stereocenters. The van der Waals surface area contributed by atoms with Gasteiger partial charge in [-0.15, -0.1) is 0 Å². The molecular formula is C73H69Br10N13O10. The zero-order chi connectivity index (χ0) is 76.6. The highest BCUT2D eigenvalue weighted by Gasteiger charge is 2.37. The summed E-state index contributed by atoms with van der Waals surface area (Å²) in [5.41, 5.74) is 10.2. The van der Waals surface area contributed by atoms with Crippen LogP contribution in [0.5, 0.6) is 17.2 Å². The standard InChI is InChI=1S/2C15H15Br2N3O2.C15H14Br2N2O2.C14H13Br2N3O2.C14H12Br2N2O2/c2*1-8-7-20(14-13(22-8)6-18-19(14)3)15(21)10-4-11(16)9(2)12(17)5-10;1-8-7-19(13-5-18-6-14(13)21-8)15(20)10-3-11(16)9(2)12(17)4-10;1-8-10(15)5-9(6-11(8)16)14(20)19-3-4-21-12-7-17-18(2)13(12)19;1-8-10(15)4-9(5-11(8)16)14(19)18-2-3-20-13-7-17-6-12(13)18/h2*4-6,8H,7H2,1-3H3;3-4,6,8H,5,7H2,1-2H3;5-7H,3-4H2,1-2H3;4-5,7H,2-3,6H2,1H3/t3*8-;;/m100../s1. The van der Waals surface area contributed by atoms with Crippen LogP contribution in [0.2, 0.25) is 0 Å². The van der Waals surface area contributed by atoms with Gasteiger partial charge in [-0.1, -0.05) is 159 Å². The normalized spacial score (nSPS) is 17.2. The van der Waals surface area contributed by atoms with Gasteiger partial charge < -0.3 is 33.5 Å². The van der Waals surface area contributed by atoms with Crippen molar-refractivity contribution in [3.63, 3.8) is 0 Å². The number of rotatable bonds is 5. The number of benzene rings is 5. The van der Waals surface area contributed by atoms with Crippen LogP contribution in [0.1, 0.15) is 100 Å². The Morgan fingerprint density at radius 2 is 0.632 bits per heavy atom. The summed E-state index contributed by atoms with van der Waals surface area (Å²) in [5.74, 6) is 5.18. The number of hydrogen-bond donors (Lipinski definition) is 0. The maximum Gasteiger partial charge on any atom is 0.259 e. The van der Waals surface area contributed by atoms with Gasteiger partial charge >= 0.3 is 0 Å². The van der Waals surface area contributed by atoms with Crippen LogP contribution in [-0.4, -0.2) is 158 Å². The van der Waals surface area contributed by atoms with E-state index in [4.69, 9.17) is 23.7 Å². The van der Waals surface area contributed by atoms with E-state index in [0.29, 0.717) is 127 Å². The monoisotopic (exact) mass is 2080 g/mol.